The van der Waals surface area contributed by atoms with E-state index in [4.69, 9.17) is 9.73 Å². The standard InChI is InChI=1S/C29H33N3O/c1-6-16-32-27-18-28(33-5)22(17-26(27)21(2)19-29(32,3)4)20-30-23-12-14-25(15-13-23)31-24-10-8-7-9-11-24/h7-15,17-20,31H,6,16H2,1-5H3. The second-order valence-corrected chi connectivity index (χ2v) is 9.04. The Bertz CT molecular complexity index is 1160. The van der Waals surface area contributed by atoms with Crippen LogP contribution in [0.25, 0.3) is 5.57 Å². The van der Waals surface area contributed by atoms with Crippen LogP contribution >= 0.6 is 0 Å². The summed E-state index contributed by atoms with van der Waals surface area (Å²) in [6.07, 6.45) is 5.35. The molecule has 3 aromatic carbocycles. The molecule has 4 rings (SSSR count). The summed E-state index contributed by atoms with van der Waals surface area (Å²) in [6, 6.07) is 22.6. The number of anilines is 3. The fourth-order valence-corrected chi connectivity index (χ4v) is 4.49. The van der Waals surface area contributed by atoms with Crippen molar-refractivity contribution in [3.05, 3.63) is 83.9 Å². The lowest BCUT2D eigenvalue weighted by atomic mass is 9.87. The minimum atomic E-state index is -0.0246. The molecule has 0 atom stereocenters. The summed E-state index contributed by atoms with van der Waals surface area (Å²) in [7, 11) is 1.73. The van der Waals surface area contributed by atoms with Gasteiger partial charge in [-0.3, -0.25) is 4.99 Å². The van der Waals surface area contributed by atoms with Gasteiger partial charge in [0.15, 0.2) is 0 Å². The maximum absolute atomic E-state index is 5.77. The van der Waals surface area contributed by atoms with Crippen LogP contribution in [-0.4, -0.2) is 25.4 Å². The van der Waals surface area contributed by atoms with Crippen molar-refractivity contribution in [3.63, 3.8) is 0 Å². The average molecular weight is 440 g/mol. The van der Waals surface area contributed by atoms with E-state index in [1.807, 2.05) is 60.8 Å². The molecule has 0 saturated carbocycles. The van der Waals surface area contributed by atoms with E-state index in [1.165, 1.54) is 16.8 Å². The second kappa shape index (κ2) is 9.53. The van der Waals surface area contributed by atoms with E-state index in [9.17, 15) is 0 Å². The summed E-state index contributed by atoms with van der Waals surface area (Å²) in [5.41, 5.74) is 7.71. The number of ether oxygens (including phenoxy) is 1. The van der Waals surface area contributed by atoms with Crippen molar-refractivity contribution in [2.24, 2.45) is 4.99 Å². The molecule has 0 spiro atoms. The highest BCUT2D eigenvalue weighted by atomic mass is 16.5. The molecule has 1 aliphatic rings. The van der Waals surface area contributed by atoms with Gasteiger partial charge in [-0.25, -0.2) is 0 Å². The Morgan fingerprint density at radius 1 is 1.00 bits per heavy atom. The van der Waals surface area contributed by atoms with Crippen LogP contribution in [0.4, 0.5) is 22.7 Å². The van der Waals surface area contributed by atoms with E-state index in [-0.39, 0.29) is 5.54 Å². The summed E-state index contributed by atoms with van der Waals surface area (Å²) < 4.78 is 5.77. The molecule has 0 amide bonds. The van der Waals surface area contributed by atoms with Crippen LogP contribution in [0, 0.1) is 0 Å². The highest BCUT2D eigenvalue weighted by Crippen LogP contribution is 2.42. The minimum absolute atomic E-state index is 0.0246. The van der Waals surface area contributed by atoms with E-state index < -0.39 is 0 Å². The third-order valence-electron chi connectivity index (χ3n) is 6.06. The van der Waals surface area contributed by atoms with Gasteiger partial charge in [0.2, 0.25) is 0 Å². The third kappa shape index (κ3) is 4.95. The Hall–Kier alpha value is -3.53. The molecule has 4 heteroatoms. The molecule has 0 radical (unpaired) electrons. The number of benzene rings is 3. The normalized spacial score (nSPS) is 14.7. The number of nitrogens with one attached hydrogen (secondary N) is 1. The zero-order chi connectivity index (χ0) is 23.4. The number of methoxy groups -OCH3 is 1. The Labute approximate surface area is 197 Å². The van der Waals surface area contributed by atoms with Crippen molar-refractivity contribution in [1.82, 2.24) is 0 Å². The molecule has 3 aromatic rings. The number of hydrogen-bond acceptors (Lipinski definition) is 4. The summed E-state index contributed by atoms with van der Waals surface area (Å²) in [4.78, 5) is 7.19. The van der Waals surface area contributed by atoms with Gasteiger partial charge in [0.25, 0.3) is 0 Å². The maximum Gasteiger partial charge on any atom is 0.129 e. The number of para-hydroxylation sites is 1. The van der Waals surface area contributed by atoms with Gasteiger partial charge in [0.05, 0.1) is 18.3 Å². The lowest BCUT2D eigenvalue weighted by molar-refractivity contribution is 0.413. The summed E-state index contributed by atoms with van der Waals surface area (Å²) in [5, 5.41) is 3.40. The topological polar surface area (TPSA) is 36.9 Å². The molecule has 0 unspecified atom stereocenters. The molecule has 0 fully saturated rings. The van der Waals surface area contributed by atoms with Gasteiger partial charge in [-0.15, -0.1) is 0 Å². The summed E-state index contributed by atoms with van der Waals surface area (Å²) in [6.45, 7) is 9.96. The number of nitrogens with zero attached hydrogens (tertiary/aromatic N) is 2. The monoisotopic (exact) mass is 439 g/mol. The minimum Gasteiger partial charge on any atom is -0.496 e. The predicted molar refractivity (Wildman–Crippen MR) is 142 cm³/mol. The third-order valence-corrected chi connectivity index (χ3v) is 6.06. The van der Waals surface area contributed by atoms with E-state index >= 15 is 0 Å². The van der Waals surface area contributed by atoms with Crippen LogP contribution in [0.5, 0.6) is 5.75 Å². The Morgan fingerprint density at radius 3 is 2.36 bits per heavy atom. The molecule has 0 aromatic heterocycles. The van der Waals surface area contributed by atoms with Gasteiger partial charge < -0.3 is 15.0 Å². The largest absolute Gasteiger partial charge is 0.496 e. The lowest BCUT2D eigenvalue weighted by Gasteiger charge is -2.43. The molecular weight excluding hydrogens is 406 g/mol. The van der Waals surface area contributed by atoms with Gasteiger partial charge in [0.1, 0.15) is 5.75 Å². The van der Waals surface area contributed by atoms with Crippen LogP contribution in [0.3, 0.4) is 0 Å². The molecule has 170 valence electrons. The molecule has 1 heterocycles. The molecular formula is C29H33N3O. The van der Waals surface area contributed by atoms with Crippen LogP contribution in [0.1, 0.15) is 45.2 Å². The Morgan fingerprint density at radius 2 is 1.70 bits per heavy atom. The Kier molecular flexibility index (Phi) is 6.55. The maximum atomic E-state index is 5.77. The van der Waals surface area contributed by atoms with Crippen LogP contribution < -0.4 is 15.0 Å². The van der Waals surface area contributed by atoms with Crippen LogP contribution in [0.2, 0.25) is 0 Å². The van der Waals surface area contributed by atoms with Gasteiger partial charge in [-0.05, 0) is 75.2 Å². The first-order chi connectivity index (χ1) is 15.9. The highest BCUT2D eigenvalue weighted by Gasteiger charge is 2.31. The smallest absolute Gasteiger partial charge is 0.129 e. The van der Waals surface area contributed by atoms with Crippen LogP contribution in [0.15, 0.2) is 77.8 Å². The van der Waals surface area contributed by atoms with E-state index in [0.717, 1.165) is 41.3 Å². The average Bonchev–Trinajstić information content (AvgIpc) is 2.81. The number of fused-ring (bicyclic) bond motifs is 1. The fourth-order valence-electron chi connectivity index (χ4n) is 4.49. The number of allylic oxidation sites excluding steroid dienone is 1. The van der Waals surface area contributed by atoms with Crippen molar-refractivity contribution in [2.45, 2.75) is 39.7 Å². The second-order valence-electron chi connectivity index (χ2n) is 9.04. The van der Waals surface area contributed by atoms with Gasteiger partial charge >= 0.3 is 0 Å². The molecule has 0 saturated heterocycles. The van der Waals surface area contributed by atoms with Crippen molar-refractivity contribution in [2.75, 3.05) is 23.9 Å². The predicted octanol–water partition coefficient (Wildman–Crippen LogP) is 7.60. The van der Waals surface area contributed by atoms with E-state index in [2.05, 4.69) is 56.1 Å². The number of rotatable bonds is 7. The highest BCUT2D eigenvalue weighted by molar-refractivity contribution is 5.92. The molecule has 0 aliphatic carbocycles. The quantitative estimate of drug-likeness (QED) is 0.385. The van der Waals surface area contributed by atoms with Crippen LogP contribution in [-0.2, 0) is 0 Å². The van der Waals surface area contributed by atoms with Gasteiger partial charge in [-0.2, -0.15) is 0 Å². The molecule has 0 bridgehead atoms. The molecule has 1 N–H and O–H groups in total. The van der Waals surface area contributed by atoms with Gasteiger partial charge in [-0.1, -0.05) is 31.2 Å². The summed E-state index contributed by atoms with van der Waals surface area (Å²) >= 11 is 0. The number of hydrogen-bond donors (Lipinski definition) is 1. The van der Waals surface area contributed by atoms with E-state index in [1.54, 1.807) is 7.11 Å². The first-order valence-electron chi connectivity index (χ1n) is 11.6. The SMILES string of the molecule is CCCN1c2cc(OC)c(C=Nc3ccc(Nc4ccccc4)cc3)cc2C(C)=CC1(C)C. The zero-order valence-electron chi connectivity index (χ0n) is 20.2. The van der Waals surface area contributed by atoms with Crippen molar-refractivity contribution in [1.29, 1.82) is 0 Å². The lowest BCUT2D eigenvalue weighted by Crippen LogP contribution is -2.45. The van der Waals surface area contributed by atoms with Gasteiger partial charge in [0, 0.05) is 47.0 Å². The molecule has 4 nitrogen and oxygen atoms in total. The van der Waals surface area contributed by atoms with Crippen molar-refractivity contribution in [3.8, 4) is 5.75 Å². The Balaban J connectivity index is 1.60. The first kappa shape index (κ1) is 22.7. The van der Waals surface area contributed by atoms with Crippen molar-refractivity contribution < 1.29 is 4.74 Å². The fraction of sp³-hybridized carbons (Fsp3) is 0.276. The molecule has 33 heavy (non-hydrogen) atoms. The summed E-state index contributed by atoms with van der Waals surface area (Å²) in [5.74, 6) is 0.839. The number of aliphatic imine (C=N–C) groups is 1. The zero-order valence-corrected chi connectivity index (χ0v) is 20.2. The molecule has 1 aliphatic heterocycles. The first-order valence-corrected chi connectivity index (χ1v) is 11.6. The van der Waals surface area contributed by atoms with Crippen molar-refractivity contribution >= 4 is 34.5 Å². The van der Waals surface area contributed by atoms with E-state index in [0.29, 0.717) is 0 Å².